The SMILES string of the molecule is OCCCc1ncc(-c2ccc(Br)cc2)[nH]1. The Morgan fingerprint density at radius 2 is 2.00 bits per heavy atom. The molecule has 0 aliphatic rings. The fourth-order valence-electron chi connectivity index (χ4n) is 1.51. The van der Waals surface area contributed by atoms with Crippen molar-refractivity contribution < 1.29 is 5.11 Å². The van der Waals surface area contributed by atoms with E-state index in [1.165, 1.54) is 0 Å². The van der Waals surface area contributed by atoms with Crippen LogP contribution in [0.1, 0.15) is 12.2 Å². The molecule has 16 heavy (non-hydrogen) atoms. The average Bonchev–Trinajstić information content (AvgIpc) is 2.76. The summed E-state index contributed by atoms with van der Waals surface area (Å²) in [5.74, 6) is 0.923. The van der Waals surface area contributed by atoms with Gasteiger partial charge in [0.2, 0.25) is 0 Å². The zero-order valence-corrected chi connectivity index (χ0v) is 10.4. The van der Waals surface area contributed by atoms with Gasteiger partial charge in [0.05, 0.1) is 11.9 Å². The Bertz CT molecular complexity index is 450. The summed E-state index contributed by atoms with van der Waals surface area (Å²) in [4.78, 5) is 7.52. The highest BCUT2D eigenvalue weighted by atomic mass is 79.9. The summed E-state index contributed by atoms with van der Waals surface area (Å²) in [6.45, 7) is 0.203. The summed E-state index contributed by atoms with van der Waals surface area (Å²) >= 11 is 3.40. The number of hydrogen-bond donors (Lipinski definition) is 2. The molecule has 1 aromatic carbocycles. The van der Waals surface area contributed by atoms with Crippen molar-refractivity contribution in [2.24, 2.45) is 0 Å². The lowest BCUT2D eigenvalue weighted by molar-refractivity contribution is 0.287. The lowest BCUT2D eigenvalue weighted by Gasteiger charge is -1.97. The third kappa shape index (κ3) is 2.71. The summed E-state index contributed by atoms with van der Waals surface area (Å²) in [6, 6.07) is 8.08. The predicted molar refractivity (Wildman–Crippen MR) is 67.1 cm³/mol. The first-order valence-electron chi connectivity index (χ1n) is 5.20. The molecule has 0 spiro atoms. The van der Waals surface area contributed by atoms with E-state index in [0.29, 0.717) is 0 Å². The van der Waals surface area contributed by atoms with Crippen LogP contribution >= 0.6 is 15.9 Å². The number of aryl methyl sites for hydroxylation is 1. The van der Waals surface area contributed by atoms with Gasteiger partial charge in [0, 0.05) is 17.5 Å². The Labute approximate surface area is 103 Å². The van der Waals surface area contributed by atoms with Crippen molar-refractivity contribution >= 4 is 15.9 Å². The first kappa shape index (κ1) is 11.4. The molecule has 84 valence electrons. The molecule has 3 nitrogen and oxygen atoms in total. The number of rotatable bonds is 4. The van der Waals surface area contributed by atoms with E-state index in [1.54, 1.807) is 0 Å². The van der Waals surface area contributed by atoms with Gasteiger partial charge in [0.25, 0.3) is 0 Å². The normalized spacial score (nSPS) is 10.6. The molecule has 0 amide bonds. The van der Waals surface area contributed by atoms with Crippen LogP contribution in [0.5, 0.6) is 0 Å². The van der Waals surface area contributed by atoms with Gasteiger partial charge in [-0.3, -0.25) is 0 Å². The fourth-order valence-corrected chi connectivity index (χ4v) is 1.78. The van der Waals surface area contributed by atoms with Crippen molar-refractivity contribution in [2.75, 3.05) is 6.61 Å². The largest absolute Gasteiger partial charge is 0.396 e. The Kier molecular flexibility index (Phi) is 3.74. The molecule has 4 heteroatoms. The minimum atomic E-state index is 0.203. The number of halogens is 1. The molecule has 0 saturated carbocycles. The minimum absolute atomic E-state index is 0.203. The molecule has 0 unspecified atom stereocenters. The van der Waals surface area contributed by atoms with E-state index < -0.39 is 0 Å². The van der Waals surface area contributed by atoms with Crippen LogP contribution < -0.4 is 0 Å². The van der Waals surface area contributed by atoms with E-state index in [1.807, 2.05) is 30.5 Å². The molecule has 0 aliphatic heterocycles. The fraction of sp³-hybridized carbons (Fsp3) is 0.250. The molecule has 0 atom stereocenters. The van der Waals surface area contributed by atoms with Gasteiger partial charge in [-0.1, -0.05) is 28.1 Å². The minimum Gasteiger partial charge on any atom is -0.396 e. The molecular formula is C12H13BrN2O. The predicted octanol–water partition coefficient (Wildman–Crippen LogP) is 2.76. The van der Waals surface area contributed by atoms with E-state index >= 15 is 0 Å². The van der Waals surface area contributed by atoms with Gasteiger partial charge in [-0.25, -0.2) is 4.98 Å². The van der Waals surface area contributed by atoms with Crippen LogP contribution in [0, 0.1) is 0 Å². The molecule has 2 rings (SSSR count). The molecular weight excluding hydrogens is 268 g/mol. The number of H-pyrrole nitrogens is 1. The first-order chi connectivity index (χ1) is 7.79. The van der Waals surface area contributed by atoms with Crippen LogP contribution in [0.3, 0.4) is 0 Å². The van der Waals surface area contributed by atoms with Gasteiger partial charge in [-0.05, 0) is 24.1 Å². The van der Waals surface area contributed by atoms with Crippen molar-refractivity contribution in [3.63, 3.8) is 0 Å². The van der Waals surface area contributed by atoms with Gasteiger partial charge < -0.3 is 10.1 Å². The standard InChI is InChI=1S/C12H13BrN2O/c13-10-5-3-9(4-6-10)11-8-14-12(15-11)2-1-7-16/h3-6,8,16H,1-2,7H2,(H,14,15). The second-order valence-electron chi connectivity index (χ2n) is 3.58. The van der Waals surface area contributed by atoms with Crippen LogP contribution in [-0.2, 0) is 6.42 Å². The van der Waals surface area contributed by atoms with E-state index in [9.17, 15) is 0 Å². The number of benzene rings is 1. The summed E-state index contributed by atoms with van der Waals surface area (Å²) in [5.41, 5.74) is 2.13. The van der Waals surface area contributed by atoms with E-state index in [-0.39, 0.29) is 6.61 Å². The molecule has 0 bridgehead atoms. The van der Waals surface area contributed by atoms with Crippen molar-refractivity contribution in [3.8, 4) is 11.3 Å². The quantitative estimate of drug-likeness (QED) is 0.905. The number of aromatic nitrogens is 2. The van der Waals surface area contributed by atoms with Gasteiger partial charge in [-0.15, -0.1) is 0 Å². The van der Waals surface area contributed by atoms with Gasteiger partial charge in [-0.2, -0.15) is 0 Å². The van der Waals surface area contributed by atoms with Crippen molar-refractivity contribution in [2.45, 2.75) is 12.8 Å². The molecule has 1 heterocycles. The maximum absolute atomic E-state index is 8.74. The van der Waals surface area contributed by atoms with E-state index in [2.05, 4.69) is 25.9 Å². The number of aliphatic hydroxyl groups excluding tert-OH is 1. The molecule has 0 radical (unpaired) electrons. The molecule has 2 aromatic rings. The number of aliphatic hydroxyl groups is 1. The molecule has 1 aromatic heterocycles. The van der Waals surface area contributed by atoms with Gasteiger partial charge >= 0.3 is 0 Å². The van der Waals surface area contributed by atoms with E-state index in [4.69, 9.17) is 5.11 Å². The molecule has 0 fully saturated rings. The Hall–Kier alpha value is -1.13. The zero-order valence-electron chi connectivity index (χ0n) is 8.78. The maximum atomic E-state index is 8.74. The second-order valence-corrected chi connectivity index (χ2v) is 4.49. The monoisotopic (exact) mass is 280 g/mol. The van der Waals surface area contributed by atoms with Gasteiger partial charge in [0.15, 0.2) is 0 Å². The summed E-state index contributed by atoms with van der Waals surface area (Å²) in [7, 11) is 0. The van der Waals surface area contributed by atoms with E-state index in [0.717, 1.165) is 34.4 Å². The van der Waals surface area contributed by atoms with Gasteiger partial charge in [0.1, 0.15) is 5.82 Å². The smallest absolute Gasteiger partial charge is 0.106 e. The van der Waals surface area contributed by atoms with Crippen molar-refractivity contribution in [1.29, 1.82) is 0 Å². The number of imidazole rings is 1. The second kappa shape index (κ2) is 5.27. The van der Waals surface area contributed by atoms with Crippen LogP contribution in [0.4, 0.5) is 0 Å². The number of nitrogens with one attached hydrogen (secondary N) is 1. The summed E-state index contributed by atoms with van der Waals surface area (Å²) in [5, 5.41) is 8.74. The third-order valence-corrected chi connectivity index (χ3v) is 2.88. The van der Waals surface area contributed by atoms with Crippen molar-refractivity contribution in [3.05, 3.63) is 40.8 Å². The lowest BCUT2D eigenvalue weighted by atomic mass is 10.2. The van der Waals surface area contributed by atoms with Crippen LogP contribution in [0.25, 0.3) is 11.3 Å². The highest BCUT2D eigenvalue weighted by Gasteiger charge is 2.02. The zero-order chi connectivity index (χ0) is 11.4. The number of hydrogen-bond acceptors (Lipinski definition) is 2. The molecule has 0 aliphatic carbocycles. The topological polar surface area (TPSA) is 48.9 Å². The maximum Gasteiger partial charge on any atom is 0.106 e. The highest BCUT2D eigenvalue weighted by Crippen LogP contribution is 2.20. The van der Waals surface area contributed by atoms with Crippen LogP contribution in [0.2, 0.25) is 0 Å². The first-order valence-corrected chi connectivity index (χ1v) is 5.99. The lowest BCUT2D eigenvalue weighted by Crippen LogP contribution is -1.91. The number of nitrogens with zero attached hydrogens (tertiary/aromatic N) is 1. The van der Waals surface area contributed by atoms with Crippen LogP contribution in [0.15, 0.2) is 34.9 Å². The van der Waals surface area contributed by atoms with Crippen molar-refractivity contribution in [1.82, 2.24) is 9.97 Å². The Morgan fingerprint density at radius 3 is 2.69 bits per heavy atom. The molecule has 0 saturated heterocycles. The van der Waals surface area contributed by atoms with Crippen LogP contribution in [-0.4, -0.2) is 21.7 Å². The highest BCUT2D eigenvalue weighted by molar-refractivity contribution is 9.10. The molecule has 2 N–H and O–H groups in total. The average molecular weight is 281 g/mol. The summed E-state index contributed by atoms with van der Waals surface area (Å²) < 4.78 is 1.07. The third-order valence-electron chi connectivity index (χ3n) is 2.36. The Morgan fingerprint density at radius 1 is 1.25 bits per heavy atom. The summed E-state index contributed by atoms with van der Waals surface area (Å²) in [6.07, 6.45) is 3.36. The Balaban J connectivity index is 2.15. The number of aromatic amines is 1.